The summed E-state index contributed by atoms with van der Waals surface area (Å²) in [7, 11) is 3.85. The summed E-state index contributed by atoms with van der Waals surface area (Å²) in [6, 6.07) is 0. The fraction of sp³-hybridized carbons (Fsp3) is 1.00. The number of hydrogen-bond acceptors (Lipinski definition) is 4. The molecule has 16 heavy (non-hydrogen) atoms. The molecule has 0 unspecified atom stereocenters. The molecule has 0 saturated heterocycles. The number of rotatable bonds is 12. The van der Waals surface area contributed by atoms with Crippen LogP contribution < -0.4 is 5.32 Å². The molecular formula is C12H28N2O2. The summed E-state index contributed by atoms with van der Waals surface area (Å²) in [6.45, 7) is 8.70. The van der Waals surface area contributed by atoms with Crippen LogP contribution in [-0.2, 0) is 9.47 Å². The van der Waals surface area contributed by atoms with Crippen molar-refractivity contribution in [2.75, 3.05) is 60.2 Å². The molecule has 0 bridgehead atoms. The quantitative estimate of drug-likeness (QED) is 0.508. The molecule has 4 nitrogen and oxygen atoms in total. The summed E-state index contributed by atoms with van der Waals surface area (Å²) < 4.78 is 10.5. The van der Waals surface area contributed by atoms with E-state index in [4.69, 9.17) is 9.47 Å². The van der Waals surface area contributed by atoms with Gasteiger partial charge in [-0.15, -0.1) is 0 Å². The standard InChI is InChI=1S/C12H28N2O2/c1-4-5-10-16-11-7-13-6-8-14(2)9-12-15-3/h13H,4-12H2,1-3H3. The third-order valence-electron chi connectivity index (χ3n) is 2.41. The molecule has 0 aliphatic carbocycles. The average molecular weight is 232 g/mol. The first-order valence-electron chi connectivity index (χ1n) is 6.27. The number of nitrogens with zero attached hydrogens (tertiary/aromatic N) is 1. The molecule has 0 heterocycles. The van der Waals surface area contributed by atoms with E-state index in [0.29, 0.717) is 0 Å². The van der Waals surface area contributed by atoms with Crippen LogP contribution in [0.5, 0.6) is 0 Å². The molecule has 0 radical (unpaired) electrons. The number of unbranched alkanes of at least 4 members (excludes halogenated alkanes) is 1. The summed E-state index contributed by atoms with van der Waals surface area (Å²) in [5.74, 6) is 0. The van der Waals surface area contributed by atoms with E-state index in [1.165, 1.54) is 12.8 Å². The van der Waals surface area contributed by atoms with E-state index in [0.717, 1.165) is 46.0 Å². The molecule has 0 aromatic heterocycles. The molecule has 0 aromatic rings. The van der Waals surface area contributed by atoms with Crippen molar-refractivity contribution in [3.63, 3.8) is 0 Å². The predicted octanol–water partition coefficient (Wildman–Crippen LogP) is 0.971. The van der Waals surface area contributed by atoms with Gasteiger partial charge in [0, 0.05) is 39.9 Å². The van der Waals surface area contributed by atoms with Crippen LogP contribution in [-0.4, -0.2) is 65.1 Å². The largest absolute Gasteiger partial charge is 0.383 e. The lowest BCUT2D eigenvalue weighted by atomic mass is 10.4. The summed E-state index contributed by atoms with van der Waals surface area (Å²) in [5.41, 5.74) is 0. The van der Waals surface area contributed by atoms with E-state index in [1.54, 1.807) is 7.11 Å². The van der Waals surface area contributed by atoms with Gasteiger partial charge in [0.1, 0.15) is 0 Å². The molecule has 0 aliphatic rings. The molecule has 0 saturated carbocycles. The van der Waals surface area contributed by atoms with Crippen molar-refractivity contribution in [1.82, 2.24) is 10.2 Å². The predicted molar refractivity (Wildman–Crippen MR) is 68.0 cm³/mol. The zero-order chi connectivity index (χ0) is 12.1. The lowest BCUT2D eigenvalue weighted by Gasteiger charge is -2.16. The minimum atomic E-state index is 0.802. The number of ether oxygens (including phenoxy) is 2. The lowest BCUT2D eigenvalue weighted by Crippen LogP contribution is -2.32. The van der Waals surface area contributed by atoms with Crippen LogP contribution in [0.3, 0.4) is 0 Å². The van der Waals surface area contributed by atoms with Crippen LogP contribution in [0.2, 0.25) is 0 Å². The van der Waals surface area contributed by atoms with Gasteiger partial charge in [-0.25, -0.2) is 0 Å². The lowest BCUT2D eigenvalue weighted by molar-refractivity contribution is 0.131. The van der Waals surface area contributed by atoms with Crippen LogP contribution in [0, 0.1) is 0 Å². The molecule has 0 aliphatic heterocycles. The number of likely N-dealkylation sites (N-methyl/N-ethyl adjacent to an activating group) is 1. The van der Waals surface area contributed by atoms with E-state index in [-0.39, 0.29) is 0 Å². The van der Waals surface area contributed by atoms with Crippen molar-refractivity contribution < 1.29 is 9.47 Å². The van der Waals surface area contributed by atoms with Crippen molar-refractivity contribution in [2.24, 2.45) is 0 Å². The fourth-order valence-electron chi connectivity index (χ4n) is 1.25. The van der Waals surface area contributed by atoms with Crippen LogP contribution in [0.1, 0.15) is 19.8 Å². The maximum absolute atomic E-state index is 5.45. The van der Waals surface area contributed by atoms with Crippen molar-refractivity contribution >= 4 is 0 Å². The van der Waals surface area contributed by atoms with E-state index in [9.17, 15) is 0 Å². The van der Waals surface area contributed by atoms with Gasteiger partial charge in [-0.1, -0.05) is 13.3 Å². The molecule has 0 fully saturated rings. The second-order valence-corrected chi connectivity index (χ2v) is 4.01. The highest BCUT2D eigenvalue weighted by atomic mass is 16.5. The second-order valence-electron chi connectivity index (χ2n) is 4.01. The Morgan fingerprint density at radius 3 is 2.56 bits per heavy atom. The van der Waals surface area contributed by atoms with Crippen molar-refractivity contribution in [3.05, 3.63) is 0 Å². The van der Waals surface area contributed by atoms with Gasteiger partial charge >= 0.3 is 0 Å². The van der Waals surface area contributed by atoms with Gasteiger partial charge in [0.15, 0.2) is 0 Å². The van der Waals surface area contributed by atoms with Gasteiger partial charge in [0.2, 0.25) is 0 Å². The number of nitrogens with one attached hydrogen (secondary N) is 1. The molecule has 98 valence electrons. The highest BCUT2D eigenvalue weighted by Crippen LogP contribution is 1.86. The summed E-state index contributed by atoms with van der Waals surface area (Å²) >= 11 is 0. The first-order chi connectivity index (χ1) is 7.81. The van der Waals surface area contributed by atoms with E-state index in [2.05, 4.69) is 24.2 Å². The average Bonchev–Trinajstić information content (AvgIpc) is 2.30. The Morgan fingerprint density at radius 2 is 1.88 bits per heavy atom. The van der Waals surface area contributed by atoms with Crippen LogP contribution in [0.15, 0.2) is 0 Å². The first kappa shape index (κ1) is 15.8. The van der Waals surface area contributed by atoms with Gasteiger partial charge in [0.05, 0.1) is 13.2 Å². The summed E-state index contributed by atoms with van der Waals surface area (Å²) in [6.07, 6.45) is 2.37. The second kappa shape index (κ2) is 12.9. The zero-order valence-corrected chi connectivity index (χ0v) is 11.1. The van der Waals surface area contributed by atoms with E-state index in [1.807, 2.05) is 0 Å². The Balaban J connectivity index is 3.02. The summed E-state index contributed by atoms with van der Waals surface area (Å²) in [5, 5.41) is 3.36. The number of hydrogen-bond donors (Lipinski definition) is 1. The van der Waals surface area contributed by atoms with E-state index >= 15 is 0 Å². The third kappa shape index (κ3) is 11.9. The fourth-order valence-corrected chi connectivity index (χ4v) is 1.25. The molecular weight excluding hydrogens is 204 g/mol. The van der Waals surface area contributed by atoms with Crippen molar-refractivity contribution in [1.29, 1.82) is 0 Å². The normalized spacial score (nSPS) is 11.2. The van der Waals surface area contributed by atoms with Gasteiger partial charge in [-0.05, 0) is 13.5 Å². The minimum Gasteiger partial charge on any atom is -0.383 e. The van der Waals surface area contributed by atoms with Gasteiger partial charge in [0.25, 0.3) is 0 Å². The molecule has 0 amide bonds. The maximum Gasteiger partial charge on any atom is 0.0590 e. The monoisotopic (exact) mass is 232 g/mol. The molecule has 0 atom stereocenters. The topological polar surface area (TPSA) is 33.7 Å². The Morgan fingerprint density at radius 1 is 1.06 bits per heavy atom. The Kier molecular flexibility index (Phi) is 12.8. The highest BCUT2D eigenvalue weighted by Gasteiger charge is 1.96. The number of methoxy groups -OCH3 is 1. The third-order valence-corrected chi connectivity index (χ3v) is 2.41. The van der Waals surface area contributed by atoms with Gasteiger partial charge in [-0.2, -0.15) is 0 Å². The zero-order valence-electron chi connectivity index (χ0n) is 11.1. The first-order valence-corrected chi connectivity index (χ1v) is 6.27. The van der Waals surface area contributed by atoms with Crippen molar-refractivity contribution in [3.8, 4) is 0 Å². The van der Waals surface area contributed by atoms with Gasteiger partial charge < -0.3 is 19.7 Å². The summed E-state index contributed by atoms with van der Waals surface area (Å²) in [4.78, 5) is 2.26. The Bertz CT molecular complexity index is 134. The Hall–Kier alpha value is -0.160. The molecule has 4 heteroatoms. The maximum atomic E-state index is 5.45. The molecule has 1 N–H and O–H groups in total. The minimum absolute atomic E-state index is 0.802. The highest BCUT2D eigenvalue weighted by molar-refractivity contribution is 4.54. The van der Waals surface area contributed by atoms with E-state index < -0.39 is 0 Å². The molecule has 0 aromatic carbocycles. The Labute approximate surface area is 100 Å². The molecule has 0 spiro atoms. The SMILES string of the molecule is CCCCOCCNCCN(C)CCOC. The van der Waals surface area contributed by atoms with Crippen LogP contribution in [0.4, 0.5) is 0 Å². The van der Waals surface area contributed by atoms with Crippen molar-refractivity contribution in [2.45, 2.75) is 19.8 Å². The van der Waals surface area contributed by atoms with Gasteiger partial charge in [-0.3, -0.25) is 0 Å². The molecule has 0 rings (SSSR count). The smallest absolute Gasteiger partial charge is 0.0590 e. The van der Waals surface area contributed by atoms with Crippen LogP contribution >= 0.6 is 0 Å². The van der Waals surface area contributed by atoms with Crippen LogP contribution in [0.25, 0.3) is 0 Å².